The van der Waals surface area contributed by atoms with Gasteiger partial charge in [0.05, 0.1) is 17.4 Å². The highest BCUT2D eigenvalue weighted by atomic mass is 79.9. The number of amides is 2. The van der Waals surface area contributed by atoms with Crippen molar-refractivity contribution in [2.45, 2.75) is 13.1 Å². The number of urea groups is 1. The van der Waals surface area contributed by atoms with Gasteiger partial charge in [-0.25, -0.2) is 9.18 Å². The first-order valence-electron chi connectivity index (χ1n) is 8.37. The van der Waals surface area contributed by atoms with E-state index in [1.54, 1.807) is 24.5 Å². The Balaban J connectivity index is 1.48. The molecular formula is C18H21BrFN3O2S. The zero-order chi connectivity index (χ0) is 18.5. The highest BCUT2D eigenvalue weighted by Gasteiger charge is 2.22. The minimum absolute atomic E-state index is 0.0440. The average Bonchev–Trinajstić information content (AvgIpc) is 3.06. The van der Waals surface area contributed by atoms with E-state index in [1.165, 1.54) is 12.1 Å². The van der Waals surface area contributed by atoms with Crippen molar-refractivity contribution in [2.75, 3.05) is 33.3 Å². The Labute approximate surface area is 164 Å². The number of hydrogen-bond acceptors (Lipinski definition) is 4. The molecule has 1 aromatic heterocycles. The molecule has 0 bridgehead atoms. The van der Waals surface area contributed by atoms with Crippen molar-refractivity contribution >= 4 is 33.3 Å². The summed E-state index contributed by atoms with van der Waals surface area (Å²) in [5.41, 5.74) is 0.827. The molecule has 1 aliphatic rings. The number of nitrogens with zero attached hydrogens (tertiary/aromatic N) is 2. The first-order valence-corrected chi connectivity index (χ1v) is 9.98. The highest BCUT2D eigenvalue weighted by Crippen LogP contribution is 2.23. The van der Waals surface area contributed by atoms with Crippen molar-refractivity contribution in [1.82, 2.24) is 15.1 Å². The zero-order valence-electron chi connectivity index (χ0n) is 14.5. The lowest BCUT2D eigenvalue weighted by Gasteiger charge is -2.34. The number of carbonyl (C=O) groups is 1. The Morgan fingerprint density at radius 2 is 2.04 bits per heavy atom. The Bertz CT molecular complexity index is 763. The first-order chi connectivity index (χ1) is 12.5. The number of hydrogen-bond donors (Lipinski definition) is 1. The number of halogens is 2. The summed E-state index contributed by atoms with van der Waals surface area (Å²) < 4.78 is 19.9. The van der Waals surface area contributed by atoms with Gasteiger partial charge in [-0.05, 0) is 46.3 Å². The van der Waals surface area contributed by atoms with E-state index >= 15 is 0 Å². The zero-order valence-corrected chi connectivity index (χ0v) is 16.9. The molecule has 5 nitrogen and oxygen atoms in total. The van der Waals surface area contributed by atoms with Gasteiger partial charge in [0.25, 0.3) is 0 Å². The van der Waals surface area contributed by atoms with Crippen molar-refractivity contribution < 1.29 is 13.9 Å². The Morgan fingerprint density at radius 1 is 1.27 bits per heavy atom. The molecule has 0 saturated carbocycles. The minimum atomic E-state index is -0.265. The fourth-order valence-electron chi connectivity index (χ4n) is 2.94. The fourth-order valence-corrected chi connectivity index (χ4v) is 4.36. The number of benzene rings is 1. The van der Waals surface area contributed by atoms with Gasteiger partial charge >= 0.3 is 6.03 Å². The van der Waals surface area contributed by atoms with Gasteiger partial charge in [0.1, 0.15) is 11.6 Å². The summed E-state index contributed by atoms with van der Waals surface area (Å²) in [5, 5.41) is 2.96. The van der Waals surface area contributed by atoms with Gasteiger partial charge in [0.2, 0.25) is 0 Å². The highest BCUT2D eigenvalue weighted by molar-refractivity contribution is 9.11. The van der Waals surface area contributed by atoms with Gasteiger partial charge in [-0.15, -0.1) is 11.3 Å². The summed E-state index contributed by atoms with van der Waals surface area (Å²) in [6.07, 6.45) is 0. The van der Waals surface area contributed by atoms with Crippen LogP contribution in [0.3, 0.4) is 0 Å². The molecule has 2 heterocycles. The van der Waals surface area contributed by atoms with Gasteiger partial charge in [-0.2, -0.15) is 0 Å². The van der Waals surface area contributed by atoms with Crippen LogP contribution in [0.5, 0.6) is 5.75 Å². The smallest absolute Gasteiger partial charge is 0.317 e. The summed E-state index contributed by atoms with van der Waals surface area (Å²) >= 11 is 5.04. The van der Waals surface area contributed by atoms with E-state index in [2.05, 4.69) is 26.1 Å². The summed E-state index contributed by atoms with van der Waals surface area (Å²) in [6.45, 7) is 3.94. The Kier molecular flexibility index (Phi) is 6.50. The standard InChI is InChI=1S/C18H21BrFN3O2S/c1-25-16-4-2-14(20)10-13(16)12-22-6-8-23(9-7-22)18(24)21-11-15-3-5-17(19)26-15/h2-5,10H,6-9,11-12H2,1H3,(H,21,24). The molecule has 2 aromatic rings. The molecule has 3 rings (SSSR count). The van der Waals surface area contributed by atoms with Crippen molar-refractivity contribution in [1.29, 1.82) is 0 Å². The molecule has 0 unspecified atom stereocenters. The number of piperazine rings is 1. The van der Waals surface area contributed by atoms with Crippen LogP contribution in [0.1, 0.15) is 10.4 Å². The van der Waals surface area contributed by atoms with E-state index in [0.717, 1.165) is 27.3 Å². The maximum absolute atomic E-state index is 13.5. The second kappa shape index (κ2) is 8.83. The lowest BCUT2D eigenvalue weighted by atomic mass is 10.1. The lowest BCUT2D eigenvalue weighted by Crippen LogP contribution is -2.51. The molecule has 0 spiro atoms. The third-order valence-electron chi connectivity index (χ3n) is 4.34. The van der Waals surface area contributed by atoms with Crippen LogP contribution in [0.15, 0.2) is 34.1 Å². The number of nitrogens with one attached hydrogen (secondary N) is 1. The minimum Gasteiger partial charge on any atom is -0.496 e. The molecule has 26 heavy (non-hydrogen) atoms. The molecule has 1 aromatic carbocycles. The van der Waals surface area contributed by atoms with Gasteiger partial charge < -0.3 is 15.0 Å². The third-order valence-corrected chi connectivity index (χ3v) is 5.96. The maximum Gasteiger partial charge on any atom is 0.317 e. The number of methoxy groups -OCH3 is 1. The molecule has 0 aliphatic carbocycles. The summed E-state index contributed by atoms with van der Waals surface area (Å²) in [6, 6.07) is 8.49. The SMILES string of the molecule is COc1ccc(F)cc1CN1CCN(C(=O)NCc2ccc(Br)s2)CC1. The Morgan fingerprint density at radius 3 is 2.69 bits per heavy atom. The third kappa shape index (κ3) is 4.96. The monoisotopic (exact) mass is 441 g/mol. The van der Waals surface area contributed by atoms with E-state index in [1.807, 2.05) is 17.0 Å². The largest absolute Gasteiger partial charge is 0.496 e. The van der Waals surface area contributed by atoms with Crippen molar-refractivity contribution in [3.05, 3.63) is 50.4 Å². The van der Waals surface area contributed by atoms with Crippen molar-refractivity contribution in [3.8, 4) is 5.75 Å². The number of thiophene rings is 1. The second-order valence-electron chi connectivity index (χ2n) is 6.08. The number of carbonyl (C=O) groups excluding carboxylic acids is 1. The van der Waals surface area contributed by atoms with Gasteiger partial charge in [0.15, 0.2) is 0 Å². The molecule has 2 amide bonds. The van der Waals surface area contributed by atoms with Crippen LogP contribution < -0.4 is 10.1 Å². The van der Waals surface area contributed by atoms with Crippen LogP contribution in [-0.2, 0) is 13.1 Å². The van der Waals surface area contributed by atoms with E-state index < -0.39 is 0 Å². The molecule has 1 fully saturated rings. The summed E-state index contributed by atoms with van der Waals surface area (Å²) in [7, 11) is 1.59. The fraction of sp³-hybridized carbons (Fsp3) is 0.389. The van der Waals surface area contributed by atoms with E-state index in [4.69, 9.17) is 4.74 Å². The van der Waals surface area contributed by atoms with Gasteiger partial charge in [-0.1, -0.05) is 0 Å². The van der Waals surface area contributed by atoms with Gasteiger partial charge in [-0.3, -0.25) is 4.90 Å². The molecule has 1 saturated heterocycles. The van der Waals surface area contributed by atoms with E-state index in [0.29, 0.717) is 31.9 Å². The molecule has 0 radical (unpaired) electrons. The molecule has 8 heteroatoms. The first kappa shape index (κ1) is 19.1. The molecule has 140 valence electrons. The van der Waals surface area contributed by atoms with Crippen molar-refractivity contribution in [3.63, 3.8) is 0 Å². The predicted molar refractivity (Wildman–Crippen MR) is 104 cm³/mol. The Hall–Kier alpha value is -1.64. The second-order valence-corrected chi connectivity index (χ2v) is 8.63. The van der Waals surface area contributed by atoms with Crippen LogP contribution >= 0.6 is 27.3 Å². The van der Waals surface area contributed by atoms with Crippen LogP contribution in [0.25, 0.3) is 0 Å². The normalized spacial score (nSPS) is 15.1. The summed E-state index contributed by atoms with van der Waals surface area (Å²) in [5.74, 6) is 0.424. The van der Waals surface area contributed by atoms with Crippen LogP contribution in [0, 0.1) is 5.82 Å². The van der Waals surface area contributed by atoms with Crippen LogP contribution in [0.2, 0.25) is 0 Å². The van der Waals surface area contributed by atoms with E-state index in [-0.39, 0.29) is 11.8 Å². The molecule has 1 N–H and O–H groups in total. The topological polar surface area (TPSA) is 44.8 Å². The summed E-state index contributed by atoms with van der Waals surface area (Å²) in [4.78, 5) is 17.4. The maximum atomic E-state index is 13.5. The van der Waals surface area contributed by atoms with Crippen LogP contribution in [-0.4, -0.2) is 49.1 Å². The van der Waals surface area contributed by atoms with Crippen LogP contribution in [0.4, 0.5) is 9.18 Å². The molecule has 1 aliphatic heterocycles. The van der Waals surface area contributed by atoms with Crippen molar-refractivity contribution in [2.24, 2.45) is 0 Å². The number of ether oxygens (including phenoxy) is 1. The average molecular weight is 442 g/mol. The molecule has 0 atom stereocenters. The lowest BCUT2D eigenvalue weighted by molar-refractivity contribution is 0.134. The predicted octanol–water partition coefficient (Wildman–Crippen LogP) is 3.69. The quantitative estimate of drug-likeness (QED) is 0.769. The number of rotatable bonds is 5. The molecular weight excluding hydrogens is 421 g/mol. The van der Waals surface area contributed by atoms with Gasteiger partial charge in [0, 0.05) is 43.2 Å². The van der Waals surface area contributed by atoms with E-state index in [9.17, 15) is 9.18 Å².